The third-order valence-electron chi connectivity index (χ3n) is 3.24. The summed E-state index contributed by atoms with van der Waals surface area (Å²) in [5, 5.41) is 5.40. The van der Waals surface area contributed by atoms with Gasteiger partial charge in [0.25, 0.3) is 0 Å². The third kappa shape index (κ3) is 7.01. The number of nitrogens with two attached hydrogens (primary N) is 1. The van der Waals surface area contributed by atoms with Crippen LogP contribution in [0.1, 0.15) is 76.9 Å². The molecule has 0 saturated carbocycles. The maximum Gasteiger partial charge on any atom is 0.226 e. The van der Waals surface area contributed by atoms with Crippen LogP contribution in [0.25, 0.3) is 0 Å². The molecule has 1 unspecified atom stereocenters. The number of rotatable bonds is 10. The summed E-state index contributed by atoms with van der Waals surface area (Å²) in [7, 11) is 0. The van der Waals surface area contributed by atoms with Crippen molar-refractivity contribution in [2.75, 3.05) is 5.32 Å². The number of hydrogen-bond donors (Lipinski definition) is 2. The smallest absolute Gasteiger partial charge is 0.226 e. The van der Waals surface area contributed by atoms with Crippen LogP contribution in [-0.4, -0.2) is 10.9 Å². The van der Waals surface area contributed by atoms with E-state index in [4.69, 9.17) is 5.73 Å². The first-order valence-corrected chi connectivity index (χ1v) is 8.52. The highest BCUT2D eigenvalue weighted by atomic mass is 32.1. The van der Waals surface area contributed by atoms with E-state index in [1.807, 2.05) is 12.3 Å². The molecule has 0 aliphatic carbocycles. The Hall–Kier alpha value is -0.940. The standard InChI is InChI=1S/C15H27N3OS/c1-3-4-5-6-7-8-9-10-14(19)18-15-17-13(11-20-15)12(2)16/h11-12H,3-10,16H2,1-2H3,(H,17,18,19). The van der Waals surface area contributed by atoms with Crippen molar-refractivity contribution in [2.45, 2.75) is 71.3 Å². The highest BCUT2D eigenvalue weighted by Crippen LogP contribution is 2.19. The molecule has 0 aromatic carbocycles. The molecule has 0 bridgehead atoms. The largest absolute Gasteiger partial charge is 0.323 e. The number of anilines is 1. The SMILES string of the molecule is CCCCCCCCCC(=O)Nc1nc(C(C)N)cs1. The zero-order valence-electron chi connectivity index (χ0n) is 12.7. The third-order valence-corrected chi connectivity index (χ3v) is 4.02. The fraction of sp³-hybridized carbons (Fsp3) is 0.733. The van der Waals surface area contributed by atoms with Gasteiger partial charge in [-0.1, -0.05) is 45.4 Å². The molecule has 114 valence electrons. The average molecular weight is 297 g/mol. The van der Waals surface area contributed by atoms with E-state index in [0.29, 0.717) is 11.6 Å². The second-order valence-electron chi connectivity index (χ2n) is 5.29. The summed E-state index contributed by atoms with van der Waals surface area (Å²) in [5.41, 5.74) is 6.57. The van der Waals surface area contributed by atoms with Crippen LogP contribution in [0, 0.1) is 0 Å². The van der Waals surface area contributed by atoms with Crippen LogP contribution in [0.15, 0.2) is 5.38 Å². The minimum Gasteiger partial charge on any atom is -0.323 e. The Kier molecular flexibility index (Phi) is 8.46. The number of hydrogen-bond acceptors (Lipinski definition) is 4. The molecular formula is C15H27N3OS. The predicted molar refractivity (Wildman–Crippen MR) is 86.0 cm³/mol. The summed E-state index contributed by atoms with van der Waals surface area (Å²) < 4.78 is 0. The molecule has 0 radical (unpaired) electrons. The van der Waals surface area contributed by atoms with Crippen LogP contribution in [0.5, 0.6) is 0 Å². The van der Waals surface area contributed by atoms with Crippen LogP contribution in [0.3, 0.4) is 0 Å². The van der Waals surface area contributed by atoms with E-state index in [-0.39, 0.29) is 11.9 Å². The van der Waals surface area contributed by atoms with E-state index in [1.54, 1.807) is 0 Å². The monoisotopic (exact) mass is 297 g/mol. The Bertz CT molecular complexity index is 390. The number of aromatic nitrogens is 1. The van der Waals surface area contributed by atoms with Gasteiger partial charge in [0.05, 0.1) is 5.69 Å². The van der Waals surface area contributed by atoms with E-state index < -0.39 is 0 Å². The summed E-state index contributed by atoms with van der Waals surface area (Å²) in [4.78, 5) is 16.0. The second-order valence-corrected chi connectivity index (χ2v) is 6.14. The predicted octanol–water partition coefficient (Wildman–Crippen LogP) is 4.24. The lowest BCUT2D eigenvalue weighted by Gasteiger charge is -2.03. The first-order valence-electron chi connectivity index (χ1n) is 7.64. The zero-order valence-corrected chi connectivity index (χ0v) is 13.5. The quantitative estimate of drug-likeness (QED) is 0.635. The molecule has 1 atom stereocenters. The number of unbranched alkanes of at least 4 members (excludes halogenated alkanes) is 6. The number of carbonyl (C=O) groups is 1. The molecule has 0 fully saturated rings. The number of nitrogens with zero attached hydrogens (tertiary/aromatic N) is 1. The van der Waals surface area contributed by atoms with Crippen LogP contribution in [0.2, 0.25) is 0 Å². The fourth-order valence-corrected chi connectivity index (χ4v) is 2.81. The van der Waals surface area contributed by atoms with Crippen molar-refractivity contribution in [3.05, 3.63) is 11.1 Å². The maximum atomic E-state index is 11.8. The van der Waals surface area contributed by atoms with Crippen molar-refractivity contribution in [1.82, 2.24) is 4.98 Å². The normalized spacial score (nSPS) is 12.3. The molecule has 5 heteroatoms. The molecule has 1 heterocycles. The molecular weight excluding hydrogens is 270 g/mol. The molecule has 20 heavy (non-hydrogen) atoms. The van der Waals surface area contributed by atoms with Gasteiger partial charge in [-0.15, -0.1) is 11.3 Å². The van der Waals surface area contributed by atoms with Gasteiger partial charge >= 0.3 is 0 Å². The molecule has 4 nitrogen and oxygen atoms in total. The Morgan fingerprint density at radius 3 is 2.55 bits per heavy atom. The Labute approximate surface area is 126 Å². The molecule has 0 spiro atoms. The average Bonchev–Trinajstić information content (AvgIpc) is 2.86. The van der Waals surface area contributed by atoms with E-state index in [2.05, 4.69) is 17.2 Å². The van der Waals surface area contributed by atoms with Crippen molar-refractivity contribution >= 4 is 22.4 Å². The van der Waals surface area contributed by atoms with Gasteiger partial charge in [-0.05, 0) is 13.3 Å². The van der Waals surface area contributed by atoms with Gasteiger partial charge in [-0.25, -0.2) is 4.98 Å². The van der Waals surface area contributed by atoms with Gasteiger partial charge < -0.3 is 11.1 Å². The molecule has 1 amide bonds. The van der Waals surface area contributed by atoms with Crippen LogP contribution in [-0.2, 0) is 4.79 Å². The van der Waals surface area contributed by atoms with Crippen molar-refractivity contribution in [2.24, 2.45) is 5.73 Å². The zero-order chi connectivity index (χ0) is 14.8. The first-order chi connectivity index (χ1) is 9.63. The molecule has 0 saturated heterocycles. The number of nitrogens with one attached hydrogen (secondary N) is 1. The highest BCUT2D eigenvalue weighted by Gasteiger charge is 2.08. The van der Waals surface area contributed by atoms with Gasteiger partial charge in [0.1, 0.15) is 0 Å². The topological polar surface area (TPSA) is 68.0 Å². The molecule has 1 aromatic rings. The summed E-state index contributed by atoms with van der Waals surface area (Å²) >= 11 is 1.44. The van der Waals surface area contributed by atoms with Gasteiger partial charge in [0.2, 0.25) is 5.91 Å². The van der Waals surface area contributed by atoms with Gasteiger partial charge in [0, 0.05) is 17.8 Å². The summed E-state index contributed by atoms with van der Waals surface area (Å²) in [6.45, 7) is 4.11. The second kappa shape index (κ2) is 9.88. The van der Waals surface area contributed by atoms with E-state index in [9.17, 15) is 4.79 Å². The van der Waals surface area contributed by atoms with Gasteiger partial charge in [-0.2, -0.15) is 0 Å². The van der Waals surface area contributed by atoms with Gasteiger partial charge in [0.15, 0.2) is 5.13 Å². The molecule has 1 rings (SSSR count). The van der Waals surface area contributed by atoms with Crippen LogP contribution in [0.4, 0.5) is 5.13 Å². The van der Waals surface area contributed by atoms with Crippen LogP contribution < -0.4 is 11.1 Å². The Morgan fingerprint density at radius 2 is 1.95 bits per heavy atom. The summed E-state index contributed by atoms with van der Waals surface area (Å²) in [6, 6.07) is -0.0833. The van der Waals surface area contributed by atoms with E-state index in [0.717, 1.165) is 18.5 Å². The van der Waals surface area contributed by atoms with Crippen molar-refractivity contribution in [3.63, 3.8) is 0 Å². The lowest BCUT2D eigenvalue weighted by molar-refractivity contribution is -0.116. The molecule has 1 aromatic heterocycles. The van der Waals surface area contributed by atoms with E-state index in [1.165, 1.54) is 43.4 Å². The number of amides is 1. The summed E-state index contributed by atoms with van der Waals surface area (Å²) in [5.74, 6) is 0.0594. The van der Waals surface area contributed by atoms with Crippen LogP contribution >= 0.6 is 11.3 Å². The van der Waals surface area contributed by atoms with E-state index >= 15 is 0 Å². The van der Waals surface area contributed by atoms with Crippen molar-refractivity contribution < 1.29 is 4.79 Å². The maximum absolute atomic E-state index is 11.8. The van der Waals surface area contributed by atoms with Gasteiger partial charge in [-0.3, -0.25) is 4.79 Å². The molecule has 0 aliphatic rings. The summed E-state index contributed by atoms with van der Waals surface area (Å²) in [6.07, 6.45) is 9.14. The molecule has 3 N–H and O–H groups in total. The van der Waals surface area contributed by atoms with Crippen molar-refractivity contribution in [1.29, 1.82) is 0 Å². The minimum atomic E-state index is -0.0833. The first kappa shape index (κ1) is 17.1. The minimum absolute atomic E-state index is 0.0594. The molecule has 0 aliphatic heterocycles. The Morgan fingerprint density at radius 1 is 1.30 bits per heavy atom. The number of thiazole rings is 1. The fourth-order valence-electron chi connectivity index (χ4n) is 1.98. The lowest BCUT2D eigenvalue weighted by Crippen LogP contribution is -2.11. The Balaban J connectivity index is 2.10. The lowest BCUT2D eigenvalue weighted by atomic mass is 10.1. The van der Waals surface area contributed by atoms with Crippen molar-refractivity contribution in [3.8, 4) is 0 Å². The highest BCUT2D eigenvalue weighted by molar-refractivity contribution is 7.13. The number of carbonyl (C=O) groups excluding carboxylic acids is 1.